The number of benzene rings is 1. The summed E-state index contributed by atoms with van der Waals surface area (Å²) in [5, 5.41) is 24.4. The number of aliphatic hydroxyl groups is 2. The summed E-state index contributed by atoms with van der Waals surface area (Å²) in [5.74, 6) is 0.416. The van der Waals surface area contributed by atoms with Crippen LogP contribution in [0.1, 0.15) is 17.4 Å². The van der Waals surface area contributed by atoms with Crippen LogP contribution in [0, 0.1) is 6.92 Å². The minimum atomic E-state index is -1.55. The highest BCUT2D eigenvalue weighted by Crippen LogP contribution is 2.45. The van der Waals surface area contributed by atoms with Crippen molar-refractivity contribution in [3.05, 3.63) is 57.5 Å². The number of aryl methyl sites for hydroxylation is 1. The highest BCUT2D eigenvalue weighted by Gasteiger charge is 2.63. The molecule has 0 saturated carbocycles. The van der Waals surface area contributed by atoms with Crippen LogP contribution < -0.4 is 5.73 Å². The van der Waals surface area contributed by atoms with Gasteiger partial charge in [-0.15, -0.1) is 0 Å². The first-order chi connectivity index (χ1) is 16.3. The fourth-order valence-electron chi connectivity index (χ4n) is 5.03. The van der Waals surface area contributed by atoms with Crippen LogP contribution in [0.5, 0.6) is 0 Å². The van der Waals surface area contributed by atoms with Gasteiger partial charge in [0, 0.05) is 18.0 Å². The van der Waals surface area contributed by atoms with Crippen LogP contribution in [0.2, 0.25) is 5.15 Å². The van der Waals surface area contributed by atoms with Crippen LogP contribution in [0.4, 0.5) is 5.82 Å². The number of nitrogens with zero attached hydrogens (tertiary/aromatic N) is 4. The predicted molar refractivity (Wildman–Crippen MR) is 129 cm³/mol. The zero-order valence-electron chi connectivity index (χ0n) is 18.0. The molecule has 11 heteroatoms. The van der Waals surface area contributed by atoms with Gasteiger partial charge in [0.1, 0.15) is 40.8 Å². The van der Waals surface area contributed by atoms with Gasteiger partial charge in [0.2, 0.25) is 0 Å². The van der Waals surface area contributed by atoms with E-state index < -0.39 is 30.1 Å². The summed E-state index contributed by atoms with van der Waals surface area (Å²) in [6.45, 7) is 1.84. The molecule has 176 valence electrons. The maximum atomic E-state index is 11.3. The molecule has 0 bridgehead atoms. The van der Waals surface area contributed by atoms with E-state index in [4.69, 9.17) is 26.8 Å². The molecular weight excluding hydrogens is 526 g/mol. The van der Waals surface area contributed by atoms with Crippen molar-refractivity contribution in [2.75, 3.05) is 12.3 Å². The Balaban J connectivity index is 1.31. The molecule has 2 aliphatic heterocycles. The molecule has 2 saturated heterocycles. The molecule has 9 nitrogen and oxygen atoms in total. The predicted octanol–water partition coefficient (Wildman–Crippen LogP) is 2.92. The molecule has 34 heavy (non-hydrogen) atoms. The molecule has 2 fully saturated rings. The fraction of sp³-hybridized carbons (Fsp3) is 0.348. The Morgan fingerprint density at radius 1 is 1.32 bits per heavy atom. The maximum absolute atomic E-state index is 11.3. The summed E-state index contributed by atoms with van der Waals surface area (Å²) in [5.41, 5.74) is 7.49. The van der Waals surface area contributed by atoms with Gasteiger partial charge in [-0.3, -0.25) is 0 Å². The molecule has 0 amide bonds. The number of halogens is 2. The zero-order chi connectivity index (χ0) is 23.8. The highest BCUT2D eigenvalue weighted by atomic mass is 79.9. The monoisotopic (exact) mass is 545 g/mol. The van der Waals surface area contributed by atoms with E-state index in [-0.39, 0.29) is 6.61 Å². The van der Waals surface area contributed by atoms with Crippen molar-refractivity contribution in [1.29, 1.82) is 0 Å². The van der Waals surface area contributed by atoms with E-state index in [1.165, 1.54) is 6.33 Å². The van der Waals surface area contributed by atoms with Crippen LogP contribution in [0.25, 0.3) is 21.9 Å². The number of rotatable bonds is 3. The fourth-order valence-corrected chi connectivity index (χ4v) is 5.64. The van der Waals surface area contributed by atoms with Gasteiger partial charge >= 0.3 is 0 Å². The largest absolute Gasteiger partial charge is 0.385 e. The Kier molecular flexibility index (Phi) is 5.11. The number of aromatic nitrogens is 4. The molecule has 0 radical (unpaired) electrons. The van der Waals surface area contributed by atoms with Crippen molar-refractivity contribution in [1.82, 2.24) is 19.5 Å². The number of hydrogen-bond donors (Lipinski definition) is 3. The topological polar surface area (TPSA) is 129 Å². The molecule has 1 unspecified atom stereocenters. The lowest BCUT2D eigenvalue weighted by Gasteiger charge is -2.24. The number of hydrogen-bond acceptors (Lipinski definition) is 8. The van der Waals surface area contributed by atoms with Crippen LogP contribution in [0.3, 0.4) is 0 Å². The highest BCUT2D eigenvalue weighted by molar-refractivity contribution is 9.10. The van der Waals surface area contributed by atoms with Gasteiger partial charge in [0.15, 0.2) is 6.23 Å². The molecule has 5 atom stereocenters. The zero-order valence-corrected chi connectivity index (χ0v) is 20.4. The first-order valence-electron chi connectivity index (χ1n) is 10.8. The lowest BCUT2D eigenvalue weighted by atomic mass is 9.90. The third kappa shape index (κ3) is 3.24. The maximum Gasteiger partial charge on any atom is 0.164 e. The minimum Gasteiger partial charge on any atom is -0.385 e. The standard InChI is InChI=1S/C23H21BrClN5O4/c1-10-7-30(21-16(10)19(25)27-9-28-21)22-17(31)23(32)8-33-15(18(23)34-22)5-11-2-3-12-6-13(24)20(26)29-14(12)4-11/h2-4,6-7,9,15,17-18,22,31-32H,5,8H2,1H3,(H2,26,29)/t15-,17?,18+,22+,23-/m0/s1. The first-order valence-corrected chi connectivity index (χ1v) is 11.9. The lowest BCUT2D eigenvalue weighted by Crippen LogP contribution is -2.48. The summed E-state index contributed by atoms with van der Waals surface area (Å²) in [4.78, 5) is 12.8. The van der Waals surface area contributed by atoms with Crippen LogP contribution in [-0.2, 0) is 15.9 Å². The average molecular weight is 547 g/mol. The van der Waals surface area contributed by atoms with Gasteiger partial charge in [-0.25, -0.2) is 15.0 Å². The van der Waals surface area contributed by atoms with Crippen molar-refractivity contribution in [3.8, 4) is 0 Å². The summed E-state index contributed by atoms with van der Waals surface area (Å²) in [6.07, 6.45) is 0.372. The molecule has 4 N–H and O–H groups in total. The van der Waals surface area contributed by atoms with Crippen LogP contribution in [0.15, 0.2) is 41.3 Å². The van der Waals surface area contributed by atoms with Crippen molar-refractivity contribution in [2.45, 2.75) is 43.5 Å². The van der Waals surface area contributed by atoms with E-state index in [1.54, 1.807) is 10.8 Å². The molecule has 5 heterocycles. The van der Waals surface area contributed by atoms with Gasteiger partial charge in [-0.05, 0) is 46.1 Å². The molecular formula is C23H21BrClN5O4. The molecule has 0 aliphatic carbocycles. The second kappa shape index (κ2) is 7.84. The second-order valence-corrected chi connectivity index (χ2v) is 10.1. The SMILES string of the molecule is Cc1cn([C@@H]2O[C@@H]3[C@H](Cc4ccc5cc(Br)c(N)nc5c4)OC[C@]3(O)C2O)c2ncnc(Cl)c12. The second-order valence-electron chi connectivity index (χ2n) is 8.90. The number of nitrogens with two attached hydrogens (primary N) is 1. The quantitative estimate of drug-likeness (QED) is 0.335. The van der Waals surface area contributed by atoms with E-state index in [2.05, 4.69) is 30.9 Å². The van der Waals surface area contributed by atoms with Crippen molar-refractivity contribution < 1.29 is 19.7 Å². The molecule has 6 rings (SSSR count). The Bertz CT molecular complexity index is 1450. The van der Waals surface area contributed by atoms with Crippen molar-refractivity contribution in [3.63, 3.8) is 0 Å². The van der Waals surface area contributed by atoms with Crippen molar-refractivity contribution >= 4 is 55.3 Å². The van der Waals surface area contributed by atoms with E-state index in [0.29, 0.717) is 28.4 Å². The number of fused-ring (bicyclic) bond motifs is 3. The van der Waals surface area contributed by atoms with Gasteiger partial charge in [-0.2, -0.15) is 0 Å². The van der Waals surface area contributed by atoms with E-state index in [9.17, 15) is 10.2 Å². The lowest BCUT2D eigenvalue weighted by molar-refractivity contribution is -0.0891. The summed E-state index contributed by atoms with van der Waals surface area (Å²) >= 11 is 9.66. The number of ether oxygens (including phenoxy) is 2. The van der Waals surface area contributed by atoms with Gasteiger partial charge < -0.3 is 30.0 Å². The summed E-state index contributed by atoms with van der Waals surface area (Å²) in [7, 11) is 0. The third-order valence-corrected chi connectivity index (χ3v) is 7.68. The molecule has 4 aromatic rings. The third-order valence-electron chi connectivity index (χ3n) is 6.75. The Morgan fingerprint density at radius 3 is 2.97 bits per heavy atom. The summed E-state index contributed by atoms with van der Waals surface area (Å²) in [6, 6.07) is 7.82. The van der Waals surface area contributed by atoms with Gasteiger partial charge in [-0.1, -0.05) is 23.7 Å². The molecule has 2 aliphatic rings. The number of nitrogen functional groups attached to an aromatic ring is 1. The number of pyridine rings is 1. The minimum absolute atomic E-state index is 0.0420. The molecule has 0 spiro atoms. The van der Waals surface area contributed by atoms with Crippen LogP contribution in [-0.4, -0.2) is 60.3 Å². The van der Waals surface area contributed by atoms with E-state index in [1.807, 2.05) is 31.2 Å². The molecule has 3 aromatic heterocycles. The Hall–Kier alpha value is -2.34. The Labute approximate surface area is 207 Å². The van der Waals surface area contributed by atoms with E-state index >= 15 is 0 Å². The summed E-state index contributed by atoms with van der Waals surface area (Å²) < 4.78 is 14.6. The molecule has 1 aromatic carbocycles. The van der Waals surface area contributed by atoms with Gasteiger partial charge in [0.25, 0.3) is 0 Å². The van der Waals surface area contributed by atoms with Crippen LogP contribution >= 0.6 is 27.5 Å². The smallest absolute Gasteiger partial charge is 0.164 e. The van der Waals surface area contributed by atoms with Gasteiger partial charge in [0.05, 0.1) is 28.1 Å². The van der Waals surface area contributed by atoms with E-state index in [0.717, 1.165) is 26.5 Å². The normalized spacial score (nSPS) is 28.7. The number of anilines is 1. The average Bonchev–Trinajstić information content (AvgIpc) is 3.39. The van der Waals surface area contributed by atoms with Crippen molar-refractivity contribution in [2.24, 2.45) is 0 Å². The first kappa shape index (κ1) is 22.1. The Morgan fingerprint density at radius 2 is 2.15 bits per heavy atom. The number of aliphatic hydroxyl groups excluding tert-OH is 1.